The molecule has 0 aliphatic heterocycles. The van der Waals surface area contributed by atoms with Crippen LogP contribution in [0.2, 0.25) is 0 Å². The zero-order valence-corrected chi connectivity index (χ0v) is 12.8. The Labute approximate surface area is 117 Å². The van der Waals surface area contributed by atoms with E-state index in [2.05, 4.69) is 23.9 Å². The van der Waals surface area contributed by atoms with Crippen molar-refractivity contribution in [3.8, 4) is 0 Å². The van der Waals surface area contributed by atoms with Gasteiger partial charge in [-0.25, -0.2) is 0 Å². The molecule has 122 valence electrons. The van der Waals surface area contributed by atoms with Crippen LogP contribution in [0.25, 0.3) is 0 Å². The summed E-state index contributed by atoms with van der Waals surface area (Å²) in [5.74, 6) is 0. The van der Waals surface area contributed by atoms with Gasteiger partial charge in [0.1, 0.15) is 6.54 Å². The molecule has 0 aliphatic carbocycles. The van der Waals surface area contributed by atoms with Crippen LogP contribution in [0.4, 0.5) is 25.2 Å². The molecule has 0 fully saturated rings. The fraction of sp³-hybridized carbons (Fsp3) is 0.700. The van der Waals surface area contributed by atoms with Crippen molar-refractivity contribution in [3.05, 3.63) is 16.1 Å². The topological polar surface area (TPSA) is 24.1 Å². The number of aryl methyl sites for hydroxylation is 1. The molecule has 20 heavy (non-hydrogen) atoms. The number of halogens is 6. The first-order valence-electron chi connectivity index (χ1n) is 5.88. The summed E-state index contributed by atoms with van der Waals surface area (Å²) in [4.78, 5) is 1.32. The van der Waals surface area contributed by atoms with Crippen molar-refractivity contribution in [3.63, 3.8) is 0 Å². The summed E-state index contributed by atoms with van der Waals surface area (Å²) in [6.45, 7) is 5.72. The van der Waals surface area contributed by atoms with E-state index >= 15 is 0 Å². The van der Waals surface area contributed by atoms with Gasteiger partial charge in [0, 0.05) is 26.4 Å². The number of aliphatic hydroxyl groups excluding tert-OH is 1. The molecule has 2 nitrogen and oxygen atoms in total. The number of unbranched alkanes of at least 4 members (excludes halogenated alkanes) is 1. The van der Waals surface area contributed by atoms with E-state index in [0.717, 1.165) is 13.0 Å². The summed E-state index contributed by atoms with van der Waals surface area (Å²) in [5, 5.41) is 8.83. The van der Waals surface area contributed by atoms with Gasteiger partial charge in [0.05, 0.1) is 4.88 Å². The Bertz CT molecular complexity index is 418. The number of rotatable bonds is 5. The Morgan fingerprint density at radius 1 is 1.20 bits per heavy atom. The van der Waals surface area contributed by atoms with Crippen molar-refractivity contribution in [1.82, 2.24) is 0 Å². The molecule has 0 atom stereocenters. The Morgan fingerprint density at radius 2 is 1.70 bits per heavy atom. The van der Waals surface area contributed by atoms with Gasteiger partial charge < -0.3 is 5.11 Å². The van der Waals surface area contributed by atoms with E-state index in [1.54, 1.807) is 11.3 Å². The first-order valence-corrected chi connectivity index (χ1v) is 8.79. The van der Waals surface area contributed by atoms with Crippen molar-refractivity contribution in [2.24, 2.45) is 0 Å². The van der Waals surface area contributed by atoms with Crippen LogP contribution < -0.4 is 4.57 Å². The van der Waals surface area contributed by atoms with Gasteiger partial charge in [0.15, 0.2) is 5.69 Å². The van der Waals surface area contributed by atoms with Gasteiger partial charge in [-0.3, -0.25) is 0 Å². The van der Waals surface area contributed by atoms with Crippen molar-refractivity contribution < 1.29 is 34.9 Å². The second kappa shape index (κ2) is 6.15. The second-order valence-corrected chi connectivity index (χ2v) is 7.07. The van der Waals surface area contributed by atoms with E-state index in [-0.39, 0.29) is 6.61 Å². The predicted octanol–water partition coefficient (Wildman–Crippen LogP) is 5.06. The monoisotopic (exact) mass is 345 g/mol. The average molecular weight is 345 g/mol. The third-order valence-electron chi connectivity index (χ3n) is 2.25. The first-order chi connectivity index (χ1) is 8.74. The maximum absolute atomic E-state index is 10.7. The van der Waals surface area contributed by atoms with Crippen LogP contribution in [0.1, 0.15) is 30.3 Å². The van der Waals surface area contributed by atoms with Crippen molar-refractivity contribution >= 4 is 19.1 Å². The van der Waals surface area contributed by atoms with Crippen LogP contribution in [0.3, 0.4) is 0 Å². The quantitative estimate of drug-likeness (QED) is 0.450. The molecule has 0 bridgehead atoms. The molecular formula is C10H18F6NOPS. The van der Waals surface area contributed by atoms with Crippen molar-refractivity contribution in [2.75, 3.05) is 6.61 Å². The van der Waals surface area contributed by atoms with E-state index in [1.807, 2.05) is 0 Å². The van der Waals surface area contributed by atoms with Crippen LogP contribution in [-0.2, 0) is 13.0 Å². The van der Waals surface area contributed by atoms with Crippen LogP contribution in [0.15, 0.2) is 5.51 Å². The molecule has 1 rings (SSSR count). The Kier molecular flexibility index (Phi) is 6.03. The molecule has 1 heterocycles. The van der Waals surface area contributed by atoms with Gasteiger partial charge in [-0.15, -0.1) is 0 Å². The standard InChI is InChI=1S/C10H18NOS.F6P/c1-3-4-6-11-8-13-10(5-7-12)9(11)2;1-7(2,3,4,5)6/h8,12H,3-7H2,1-2H3;/q+1;-1. The molecule has 0 aliphatic rings. The Morgan fingerprint density at radius 3 is 2.10 bits per heavy atom. The summed E-state index contributed by atoms with van der Waals surface area (Å²) in [6.07, 6.45) is 3.27. The molecule has 0 spiro atoms. The number of hydrogen-bond acceptors (Lipinski definition) is 2. The summed E-state index contributed by atoms with van der Waals surface area (Å²) in [5.41, 5.74) is 3.49. The molecule has 0 saturated heterocycles. The number of hydrogen-bond donors (Lipinski definition) is 1. The SMILES string of the molecule is CCCC[n+]1csc(CCO)c1C.F[P-](F)(F)(F)(F)F. The third-order valence-corrected chi connectivity index (χ3v) is 3.39. The molecular weight excluding hydrogens is 327 g/mol. The van der Waals surface area contributed by atoms with Gasteiger partial charge in [-0.05, 0) is 0 Å². The van der Waals surface area contributed by atoms with E-state index in [0.29, 0.717) is 0 Å². The van der Waals surface area contributed by atoms with Crippen molar-refractivity contribution in [1.29, 1.82) is 0 Å². The van der Waals surface area contributed by atoms with Gasteiger partial charge in [0.2, 0.25) is 5.51 Å². The summed E-state index contributed by atoms with van der Waals surface area (Å²) >= 11 is 1.75. The van der Waals surface area contributed by atoms with Crippen molar-refractivity contribution in [2.45, 2.75) is 39.7 Å². The molecule has 1 aromatic heterocycles. The zero-order valence-electron chi connectivity index (χ0n) is 11.1. The molecule has 0 amide bonds. The van der Waals surface area contributed by atoms with Crippen LogP contribution in [-0.4, -0.2) is 11.7 Å². The van der Waals surface area contributed by atoms with E-state index in [1.165, 1.54) is 23.4 Å². The normalized spacial score (nSPS) is 15.1. The Balaban J connectivity index is 0.000000441. The summed E-state index contributed by atoms with van der Waals surface area (Å²) < 4.78 is 61.5. The number of aromatic nitrogens is 1. The Hall–Kier alpha value is -0.400. The summed E-state index contributed by atoms with van der Waals surface area (Å²) in [7, 11) is -10.7. The number of aliphatic hydroxyl groups is 1. The predicted molar refractivity (Wildman–Crippen MR) is 68.5 cm³/mol. The molecule has 0 radical (unpaired) electrons. The van der Waals surface area contributed by atoms with Gasteiger partial charge in [-0.1, -0.05) is 24.7 Å². The molecule has 0 unspecified atom stereocenters. The minimum absolute atomic E-state index is 0.259. The third kappa shape index (κ3) is 12.6. The minimum atomic E-state index is -10.7. The van der Waals surface area contributed by atoms with Crippen LogP contribution in [0.5, 0.6) is 0 Å². The van der Waals surface area contributed by atoms with Crippen LogP contribution >= 0.6 is 19.1 Å². The summed E-state index contributed by atoms with van der Waals surface area (Å²) in [6, 6.07) is 0. The van der Waals surface area contributed by atoms with Gasteiger partial charge >= 0.3 is 33.0 Å². The first kappa shape index (κ1) is 19.6. The van der Waals surface area contributed by atoms with E-state index in [4.69, 9.17) is 5.11 Å². The van der Waals surface area contributed by atoms with Gasteiger partial charge in [-0.2, -0.15) is 4.57 Å². The number of thiazole rings is 1. The molecule has 1 N–H and O–H groups in total. The second-order valence-electron chi connectivity index (χ2n) is 4.21. The van der Waals surface area contributed by atoms with E-state index < -0.39 is 7.81 Å². The fourth-order valence-corrected chi connectivity index (χ4v) is 2.36. The molecule has 1 aromatic rings. The van der Waals surface area contributed by atoms with Gasteiger partial charge in [0.25, 0.3) is 0 Å². The molecule has 10 heteroatoms. The fourth-order valence-electron chi connectivity index (χ4n) is 1.34. The molecule has 0 saturated carbocycles. The maximum atomic E-state index is 9.87. The number of nitrogens with zero attached hydrogens (tertiary/aromatic N) is 1. The molecule has 0 aromatic carbocycles. The zero-order chi connectivity index (χ0) is 16.1. The van der Waals surface area contributed by atoms with Crippen LogP contribution in [0, 0.1) is 6.92 Å². The van der Waals surface area contributed by atoms with E-state index in [9.17, 15) is 25.2 Å². The average Bonchev–Trinajstić information content (AvgIpc) is 2.54.